The van der Waals surface area contributed by atoms with Crippen LogP contribution in [0.25, 0.3) is 0 Å². The minimum Gasteiger partial charge on any atom is -0.313 e. The molecule has 0 spiro atoms. The van der Waals surface area contributed by atoms with Crippen LogP contribution in [0.5, 0.6) is 0 Å². The summed E-state index contributed by atoms with van der Waals surface area (Å²) < 4.78 is 0. The van der Waals surface area contributed by atoms with Gasteiger partial charge in [0.15, 0.2) is 0 Å². The van der Waals surface area contributed by atoms with Gasteiger partial charge in [0.25, 0.3) is 0 Å². The Bertz CT molecular complexity index is 471. The first-order chi connectivity index (χ1) is 8.35. The van der Waals surface area contributed by atoms with E-state index >= 15 is 0 Å². The number of aromatic nitrogens is 1. The van der Waals surface area contributed by atoms with Gasteiger partial charge >= 0.3 is 0 Å². The molecule has 1 N–H and O–H groups in total. The van der Waals surface area contributed by atoms with Crippen LogP contribution in [0.1, 0.15) is 11.3 Å². The quantitative estimate of drug-likeness (QED) is 0.783. The number of nitriles is 2. The molecule has 5 nitrogen and oxygen atoms in total. The van der Waals surface area contributed by atoms with Gasteiger partial charge in [-0.15, -0.1) is 0 Å². The Hall–Kier alpha value is -1.95. The van der Waals surface area contributed by atoms with Crippen LogP contribution in [0.15, 0.2) is 18.3 Å². The van der Waals surface area contributed by atoms with Crippen LogP contribution in [0.3, 0.4) is 0 Å². The molecule has 1 fully saturated rings. The SMILES string of the molecule is N#Cc1ncccc1CN1CCNCC1C#N. The largest absolute Gasteiger partial charge is 0.313 e. The highest BCUT2D eigenvalue weighted by atomic mass is 15.2. The molecule has 1 aromatic heterocycles. The zero-order valence-electron chi connectivity index (χ0n) is 9.43. The normalized spacial score (nSPS) is 20.5. The highest BCUT2D eigenvalue weighted by molar-refractivity contribution is 5.30. The second-order valence-electron chi connectivity index (χ2n) is 3.94. The molecule has 1 aromatic rings. The Morgan fingerprint density at radius 3 is 3.18 bits per heavy atom. The molecule has 0 radical (unpaired) electrons. The maximum Gasteiger partial charge on any atom is 0.144 e. The number of nitrogens with one attached hydrogen (secondary N) is 1. The van der Waals surface area contributed by atoms with E-state index in [1.807, 2.05) is 12.1 Å². The van der Waals surface area contributed by atoms with Crippen molar-refractivity contribution in [1.82, 2.24) is 15.2 Å². The first-order valence-corrected chi connectivity index (χ1v) is 5.53. The van der Waals surface area contributed by atoms with Crippen molar-refractivity contribution in [2.24, 2.45) is 0 Å². The number of nitrogens with zero attached hydrogens (tertiary/aromatic N) is 4. The summed E-state index contributed by atoms with van der Waals surface area (Å²) in [6, 6.07) is 7.93. The zero-order chi connectivity index (χ0) is 12.1. The summed E-state index contributed by atoms with van der Waals surface area (Å²) in [5, 5.41) is 21.2. The molecule has 1 unspecified atom stereocenters. The van der Waals surface area contributed by atoms with Crippen molar-refractivity contribution in [2.45, 2.75) is 12.6 Å². The van der Waals surface area contributed by atoms with E-state index in [0.717, 1.165) is 18.7 Å². The van der Waals surface area contributed by atoms with Gasteiger partial charge in [-0.25, -0.2) is 4.98 Å². The van der Waals surface area contributed by atoms with Gasteiger partial charge in [0.2, 0.25) is 0 Å². The number of piperazine rings is 1. The molecule has 0 amide bonds. The van der Waals surface area contributed by atoms with E-state index < -0.39 is 0 Å². The summed E-state index contributed by atoms with van der Waals surface area (Å²) in [6.45, 7) is 2.98. The smallest absolute Gasteiger partial charge is 0.144 e. The first kappa shape index (κ1) is 11.5. The van der Waals surface area contributed by atoms with Crippen LogP contribution in [0.2, 0.25) is 0 Å². The second-order valence-corrected chi connectivity index (χ2v) is 3.94. The zero-order valence-corrected chi connectivity index (χ0v) is 9.43. The predicted molar refractivity (Wildman–Crippen MR) is 61.6 cm³/mol. The monoisotopic (exact) mass is 227 g/mol. The molecule has 0 aliphatic carbocycles. The summed E-state index contributed by atoms with van der Waals surface area (Å²) in [6.07, 6.45) is 1.61. The van der Waals surface area contributed by atoms with Crippen molar-refractivity contribution >= 4 is 0 Å². The molecular weight excluding hydrogens is 214 g/mol. The highest BCUT2D eigenvalue weighted by Crippen LogP contribution is 2.12. The summed E-state index contributed by atoms with van der Waals surface area (Å²) in [5.74, 6) is 0. The molecular formula is C12H13N5. The number of hydrogen-bond donors (Lipinski definition) is 1. The van der Waals surface area contributed by atoms with Crippen molar-refractivity contribution in [3.63, 3.8) is 0 Å². The molecule has 2 heterocycles. The maximum atomic E-state index is 9.05. The lowest BCUT2D eigenvalue weighted by Gasteiger charge is -2.31. The summed E-state index contributed by atoms with van der Waals surface area (Å²) in [7, 11) is 0. The third-order valence-electron chi connectivity index (χ3n) is 2.87. The van der Waals surface area contributed by atoms with E-state index in [-0.39, 0.29) is 6.04 Å². The molecule has 1 aliphatic rings. The van der Waals surface area contributed by atoms with Gasteiger partial charge in [-0.3, -0.25) is 4.90 Å². The lowest BCUT2D eigenvalue weighted by Crippen LogP contribution is -2.50. The number of hydrogen-bond acceptors (Lipinski definition) is 5. The van der Waals surface area contributed by atoms with E-state index in [0.29, 0.717) is 18.8 Å². The predicted octanol–water partition coefficient (Wildman–Crippen LogP) is 0.251. The number of pyridine rings is 1. The van der Waals surface area contributed by atoms with Crippen LogP contribution in [0.4, 0.5) is 0 Å². The highest BCUT2D eigenvalue weighted by Gasteiger charge is 2.22. The first-order valence-electron chi connectivity index (χ1n) is 5.53. The minimum absolute atomic E-state index is 0.129. The standard InChI is InChI=1S/C12H13N5/c13-6-11-8-15-4-5-17(11)9-10-2-1-3-16-12(10)7-14/h1-3,11,15H,4-5,8-9H2. The van der Waals surface area contributed by atoms with E-state index in [1.54, 1.807) is 6.20 Å². The second kappa shape index (κ2) is 5.40. The molecule has 2 rings (SSSR count). The van der Waals surface area contributed by atoms with Crippen LogP contribution in [-0.4, -0.2) is 35.6 Å². The van der Waals surface area contributed by atoms with E-state index in [9.17, 15) is 0 Å². The third-order valence-corrected chi connectivity index (χ3v) is 2.87. The Morgan fingerprint density at radius 1 is 1.53 bits per heavy atom. The van der Waals surface area contributed by atoms with Gasteiger partial charge in [0.1, 0.15) is 17.8 Å². The Morgan fingerprint density at radius 2 is 2.41 bits per heavy atom. The van der Waals surface area contributed by atoms with Crippen LogP contribution in [-0.2, 0) is 6.54 Å². The lowest BCUT2D eigenvalue weighted by atomic mass is 10.1. The fourth-order valence-corrected chi connectivity index (χ4v) is 1.95. The van der Waals surface area contributed by atoms with Gasteiger partial charge in [0.05, 0.1) is 6.07 Å². The van der Waals surface area contributed by atoms with Crippen molar-refractivity contribution in [3.8, 4) is 12.1 Å². The van der Waals surface area contributed by atoms with Gasteiger partial charge in [-0.05, 0) is 6.07 Å². The van der Waals surface area contributed by atoms with Crippen molar-refractivity contribution in [3.05, 3.63) is 29.6 Å². The van der Waals surface area contributed by atoms with Gasteiger partial charge in [-0.1, -0.05) is 6.07 Å². The molecule has 86 valence electrons. The Kier molecular flexibility index (Phi) is 3.66. The molecule has 1 atom stereocenters. The fourth-order valence-electron chi connectivity index (χ4n) is 1.95. The molecule has 1 aliphatic heterocycles. The Balaban J connectivity index is 2.15. The van der Waals surface area contributed by atoms with Gasteiger partial charge in [0, 0.05) is 37.9 Å². The number of rotatable bonds is 2. The summed E-state index contributed by atoms with van der Waals surface area (Å²) >= 11 is 0. The van der Waals surface area contributed by atoms with E-state index in [4.69, 9.17) is 10.5 Å². The topological polar surface area (TPSA) is 75.7 Å². The van der Waals surface area contributed by atoms with E-state index in [1.165, 1.54) is 0 Å². The Labute approximate surface area is 100 Å². The van der Waals surface area contributed by atoms with Crippen LogP contribution < -0.4 is 5.32 Å². The minimum atomic E-state index is -0.129. The third kappa shape index (κ3) is 2.59. The van der Waals surface area contributed by atoms with Gasteiger partial charge < -0.3 is 5.32 Å². The molecule has 0 saturated carbocycles. The van der Waals surface area contributed by atoms with Gasteiger partial charge in [-0.2, -0.15) is 10.5 Å². The van der Waals surface area contributed by atoms with Crippen molar-refractivity contribution in [2.75, 3.05) is 19.6 Å². The molecule has 1 saturated heterocycles. The maximum absolute atomic E-state index is 9.05. The van der Waals surface area contributed by atoms with Crippen molar-refractivity contribution < 1.29 is 0 Å². The molecule has 0 aromatic carbocycles. The molecule has 17 heavy (non-hydrogen) atoms. The summed E-state index contributed by atoms with van der Waals surface area (Å²) in [5.41, 5.74) is 1.33. The van der Waals surface area contributed by atoms with Crippen molar-refractivity contribution in [1.29, 1.82) is 10.5 Å². The van der Waals surface area contributed by atoms with Crippen LogP contribution in [0, 0.1) is 22.7 Å². The average Bonchev–Trinajstić information content (AvgIpc) is 2.40. The van der Waals surface area contributed by atoms with Crippen LogP contribution >= 0.6 is 0 Å². The average molecular weight is 227 g/mol. The summed E-state index contributed by atoms with van der Waals surface area (Å²) in [4.78, 5) is 6.10. The lowest BCUT2D eigenvalue weighted by molar-refractivity contribution is 0.189. The molecule has 5 heteroatoms. The molecule has 0 bridgehead atoms. The van der Waals surface area contributed by atoms with E-state index in [2.05, 4.69) is 27.3 Å². The fraction of sp³-hybridized carbons (Fsp3) is 0.417.